The summed E-state index contributed by atoms with van der Waals surface area (Å²) in [6.07, 6.45) is 6.04. The van der Waals surface area contributed by atoms with E-state index in [0.29, 0.717) is 0 Å². The Balaban J connectivity index is 1.54. The van der Waals surface area contributed by atoms with Crippen LogP contribution in [0.25, 0.3) is 0 Å². The minimum absolute atomic E-state index is 0.274. The van der Waals surface area contributed by atoms with Gasteiger partial charge < -0.3 is 10.6 Å². The zero-order valence-electron chi connectivity index (χ0n) is 16.7. The molecule has 0 atom stereocenters. The monoisotopic (exact) mass is 375 g/mol. The average Bonchev–Trinajstić information content (AvgIpc) is 3.16. The highest BCUT2D eigenvalue weighted by molar-refractivity contribution is 5.79. The Bertz CT molecular complexity index is 815. The third kappa shape index (κ3) is 5.71. The number of hydrogen-bond donors (Lipinski definition) is 2. The van der Waals surface area contributed by atoms with Crippen LogP contribution >= 0.6 is 0 Å². The molecule has 0 fully saturated rings. The van der Waals surface area contributed by atoms with E-state index in [9.17, 15) is 0 Å². The smallest absolute Gasteiger partial charge is 0.191 e. The first kappa shape index (κ1) is 19.7. The van der Waals surface area contributed by atoms with E-state index in [1.165, 1.54) is 16.7 Å². The van der Waals surface area contributed by atoms with Crippen LogP contribution in [0.2, 0.25) is 0 Å². The number of aliphatic imine (C=N–C) groups is 1. The molecule has 146 valence electrons. The van der Waals surface area contributed by atoms with Gasteiger partial charge in [-0.25, -0.2) is 0 Å². The van der Waals surface area contributed by atoms with E-state index in [1.54, 1.807) is 0 Å². The SMILES string of the molecule is CN=C(NCCCc1cnn(C)c1)NCC(c1ccccc1)c1ccccc1. The highest BCUT2D eigenvalue weighted by Gasteiger charge is 2.14. The third-order valence-electron chi connectivity index (χ3n) is 4.79. The second-order valence-corrected chi connectivity index (χ2v) is 6.88. The van der Waals surface area contributed by atoms with Gasteiger partial charge in [0.15, 0.2) is 5.96 Å². The molecule has 5 nitrogen and oxygen atoms in total. The molecular formula is C23H29N5. The van der Waals surface area contributed by atoms with Crippen molar-refractivity contribution in [3.63, 3.8) is 0 Å². The Morgan fingerprint density at radius 3 is 2.18 bits per heavy atom. The molecule has 0 aliphatic carbocycles. The summed E-state index contributed by atoms with van der Waals surface area (Å²) in [7, 11) is 3.76. The van der Waals surface area contributed by atoms with E-state index in [2.05, 4.69) is 87.6 Å². The first-order valence-corrected chi connectivity index (χ1v) is 9.78. The van der Waals surface area contributed by atoms with Crippen LogP contribution < -0.4 is 10.6 Å². The number of nitrogens with zero attached hydrogens (tertiary/aromatic N) is 3. The van der Waals surface area contributed by atoms with E-state index < -0.39 is 0 Å². The van der Waals surface area contributed by atoms with Crippen LogP contribution in [-0.2, 0) is 13.5 Å². The molecule has 2 N–H and O–H groups in total. The van der Waals surface area contributed by atoms with Crippen LogP contribution in [0.15, 0.2) is 78.0 Å². The number of nitrogens with one attached hydrogen (secondary N) is 2. The van der Waals surface area contributed by atoms with Gasteiger partial charge in [-0.2, -0.15) is 5.10 Å². The Morgan fingerprint density at radius 1 is 1.00 bits per heavy atom. The van der Waals surface area contributed by atoms with Gasteiger partial charge in [-0.05, 0) is 29.5 Å². The predicted octanol–water partition coefficient (Wildman–Crippen LogP) is 3.35. The molecule has 5 heteroatoms. The molecule has 3 rings (SSSR count). The number of rotatable bonds is 8. The number of guanidine groups is 1. The Hall–Kier alpha value is -3.08. The third-order valence-corrected chi connectivity index (χ3v) is 4.79. The Labute approximate surface area is 167 Å². The van der Waals surface area contributed by atoms with E-state index >= 15 is 0 Å². The minimum atomic E-state index is 0.274. The van der Waals surface area contributed by atoms with Gasteiger partial charge in [-0.15, -0.1) is 0 Å². The zero-order valence-corrected chi connectivity index (χ0v) is 16.7. The van der Waals surface area contributed by atoms with Crippen molar-refractivity contribution in [2.24, 2.45) is 12.0 Å². The molecule has 1 aromatic heterocycles. The molecule has 0 unspecified atom stereocenters. The minimum Gasteiger partial charge on any atom is -0.356 e. The van der Waals surface area contributed by atoms with Crippen molar-refractivity contribution in [1.82, 2.24) is 20.4 Å². The lowest BCUT2D eigenvalue weighted by Crippen LogP contribution is -2.40. The molecule has 0 amide bonds. The van der Waals surface area contributed by atoms with Gasteiger partial charge in [0, 0.05) is 39.3 Å². The van der Waals surface area contributed by atoms with Crippen LogP contribution in [0, 0.1) is 0 Å². The molecule has 0 bridgehead atoms. The fourth-order valence-electron chi connectivity index (χ4n) is 3.32. The molecule has 0 aliphatic heterocycles. The molecule has 1 heterocycles. The van der Waals surface area contributed by atoms with E-state index in [4.69, 9.17) is 0 Å². The van der Waals surface area contributed by atoms with Crippen molar-refractivity contribution < 1.29 is 0 Å². The molecule has 2 aromatic carbocycles. The van der Waals surface area contributed by atoms with Gasteiger partial charge >= 0.3 is 0 Å². The molecule has 0 radical (unpaired) electrons. The summed E-state index contributed by atoms with van der Waals surface area (Å²) < 4.78 is 1.84. The van der Waals surface area contributed by atoms with Crippen LogP contribution in [0.4, 0.5) is 0 Å². The van der Waals surface area contributed by atoms with Gasteiger partial charge in [0.25, 0.3) is 0 Å². The molecule has 3 aromatic rings. The molecule has 0 spiro atoms. The van der Waals surface area contributed by atoms with Crippen molar-refractivity contribution in [1.29, 1.82) is 0 Å². The van der Waals surface area contributed by atoms with Gasteiger partial charge in [-0.1, -0.05) is 60.7 Å². The van der Waals surface area contributed by atoms with E-state index in [1.807, 2.05) is 25.0 Å². The standard InChI is InChI=1S/C23H29N5/c1-24-23(25-15-9-10-19-16-27-28(2)18-19)26-17-22(20-11-5-3-6-12-20)21-13-7-4-8-14-21/h3-8,11-14,16,18,22H,9-10,15,17H2,1-2H3,(H2,24,25,26). The summed E-state index contributed by atoms with van der Waals surface area (Å²) in [6.45, 7) is 1.66. The largest absolute Gasteiger partial charge is 0.356 e. The summed E-state index contributed by atoms with van der Waals surface area (Å²) >= 11 is 0. The number of aromatic nitrogens is 2. The quantitative estimate of drug-likeness (QED) is 0.361. The Kier molecular flexibility index (Phi) is 7.24. The normalized spacial score (nSPS) is 11.6. The first-order chi connectivity index (χ1) is 13.8. The highest BCUT2D eigenvalue weighted by Crippen LogP contribution is 2.23. The maximum absolute atomic E-state index is 4.37. The maximum Gasteiger partial charge on any atom is 0.191 e. The van der Waals surface area contributed by atoms with Crippen molar-refractivity contribution in [3.05, 3.63) is 89.7 Å². The summed E-state index contributed by atoms with van der Waals surface area (Å²) in [5.74, 6) is 1.11. The van der Waals surface area contributed by atoms with Crippen molar-refractivity contribution in [2.45, 2.75) is 18.8 Å². The lowest BCUT2D eigenvalue weighted by molar-refractivity contribution is 0.708. The average molecular weight is 376 g/mol. The number of benzene rings is 2. The fraction of sp³-hybridized carbons (Fsp3) is 0.304. The van der Waals surface area contributed by atoms with E-state index in [-0.39, 0.29) is 5.92 Å². The van der Waals surface area contributed by atoms with Crippen LogP contribution in [-0.4, -0.2) is 35.9 Å². The zero-order chi connectivity index (χ0) is 19.6. The van der Waals surface area contributed by atoms with Gasteiger partial charge in [0.05, 0.1) is 6.20 Å². The lowest BCUT2D eigenvalue weighted by atomic mass is 9.91. The van der Waals surface area contributed by atoms with Gasteiger partial charge in [0.1, 0.15) is 0 Å². The molecule has 0 saturated carbocycles. The van der Waals surface area contributed by atoms with Gasteiger partial charge in [-0.3, -0.25) is 9.67 Å². The first-order valence-electron chi connectivity index (χ1n) is 9.78. The Morgan fingerprint density at radius 2 is 1.64 bits per heavy atom. The number of hydrogen-bond acceptors (Lipinski definition) is 2. The van der Waals surface area contributed by atoms with Gasteiger partial charge in [0.2, 0.25) is 0 Å². The predicted molar refractivity (Wildman–Crippen MR) is 116 cm³/mol. The molecule has 28 heavy (non-hydrogen) atoms. The summed E-state index contributed by atoms with van der Waals surface area (Å²) in [6, 6.07) is 21.2. The van der Waals surface area contributed by atoms with Crippen LogP contribution in [0.1, 0.15) is 29.0 Å². The maximum atomic E-state index is 4.37. The number of aryl methyl sites for hydroxylation is 2. The molecular weight excluding hydrogens is 346 g/mol. The topological polar surface area (TPSA) is 54.2 Å². The highest BCUT2D eigenvalue weighted by atomic mass is 15.2. The van der Waals surface area contributed by atoms with Crippen molar-refractivity contribution >= 4 is 5.96 Å². The lowest BCUT2D eigenvalue weighted by Gasteiger charge is -2.20. The van der Waals surface area contributed by atoms with Crippen molar-refractivity contribution in [3.8, 4) is 0 Å². The fourth-order valence-corrected chi connectivity index (χ4v) is 3.32. The van der Waals surface area contributed by atoms with Crippen LogP contribution in [0.5, 0.6) is 0 Å². The molecule has 0 aliphatic rings. The molecule has 0 saturated heterocycles. The summed E-state index contributed by atoms with van der Waals surface area (Å²) in [5, 5.41) is 11.1. The summed E-state index contributed by atoms with van der Waals surface area (Å²) in [4.78, 5) is 4.37. The van der Waals surface area contributed by atoms with E-state index in [0.717, 1.165) is 31.9 Å². The second-order valence-electron chi connectivity index (χ2n) is 6.88. The summed E-state index contributed by atoms with van der Waals surface area (Å²) in [5.41, 5.74) is 3.86. The van der Waals surface area contributed by atoms with Crippen molar-refractivity contribution in [2.75, 3.05) is 20.1 Å². The van der Waals surface area contributed by atoms with Crippen LogP contribution in [0.3, 0.4) is 0 Å². The second kappa shape index (κ2) is 10.3.